The van der Waals surface area contributed by atoms with Gasteiger partial charge in [0.05, 0.1) is 6.42 Å². The highest BCUT2D eigenvalue weighted by molar-refractivity contribution is 5.69. The Balaban J connectivity index is 2.34. The second kappa shape index (κ2) is 4.64. The smallest absolute Gasteiger partial charge is 0.305 e. The van der Waals surface area contributed by atoms with Crippen LogP contribution in [-0.4, -0.2) is 16.6 Å². The number of carboxylic acids is 1. The molecule has 0 aromatic heterocycles. The molecule has 3 atom stereocenters. The van der Waals surface area contributed by atoms with E-state index < -0.39 is 11.5 Å². The molecule has 1 aliphatic rings. The van der Waals surface area contributed by atoms with Gasteiger partial charge in [-0.15, -0.1) is 0 Å². The standard InChI is InChI=1S/C16H23NO2/c1-11(2)16(13-7-5-4-6-8-13)10-15(17,12(16)3)9-14(18)19/h4-8,11-12H,9-10,17H2,1-3H3,(H,18,19). The van der Waals surface area contributed by atoms with E-state index >= 15 is 0 Å². The quantitative estimate of drug-likeness (QED) is 0.876. The molecule has 0 aliphatic heterocycles. The van der Waals surface area contributed by atoms with Crippen molar-refractivity contribution >= 4 is 5.97 Å². The van der Waals surface area contributed by atoms with Gasteiger partial charge in [0, 0.05) is 11.0 Å². The molecule has 3 heteroatoms. The van der Waals surface area contributed by atoms with E-state index in [1.54, 1.807) is 0 Å². The normalized spacial score (nSPS) is 34.1. The number of carbonyl (C=O) groups is 1. The number of carboxylic acid groups (broad SMARTS) is 1. The maximum Gasteiger partial charge on any atom is 0.305 e. The average molecular weight is 261 g/mol. The highest BCUT2D eigenvalue weighted by Gasteiger charge is 2.61. The third-order valence-corrected chi connectivity index (χ3v) is 5.08. The second-order valence-corrected chi connectivity index (χ2v) is 6.26. The lowest BCUT2D eigenvalue weighted by Crippen LogP contribution is -2.70. The molecule has 1 aliphatic carbocycles. The predicted molar refractivity (Wildman–Crippen MR) is 75.9 cm³/mol. The Morgan fingerprint density at radius 3 is 2.42 bits per heavy atom. The molecule has 0 heterocycles. The number of benzene rings is 1. The zero-order chi connectivity index (χ0) is 14.3. The molecule has 0 radical (unpaired) electrons. The van der Waals surface area contributed by atoms with Gasteiger partial charge in [-0.1, -0.05) is 51.1 Å². The van der Waals surface area contributed by atoms with E-state index in [2.05, 4.69) is 32.9 Å². The summed E-state index contributed by atoms with van der Waals surface area (Å²) in [7, 11) is 0. The zero-order valence-electron chi connectivity index (χ0n) is 11.9. The van der Waals surface area contributed by atoms with E-state index in [1.165, 1.54) is 5.56 Å². The van der Waals surface area contributed by atoms with Crippen LogP contribution in [0.4, 0.5) is 0 Å². The van der Waals surface area contributed by atoms with Crippen molar-refractivity contribution < 1.29 is 9.90 Å². The Morgan fingerprint density at radius 2 is 2.00 bits per heavy atom. The largest absolute Gasteiger partial charge is 0.481 e. The Labute approximate surface area is 114 Å². The van der Waals surface area contributed by atoms with Crippen LogP contribution in [0.2, 0.25) is 0 Å². The number of hydrogen-bond donors (Lipinski definition) is 2. The van der Waals surface area contributed by atoms with E-state index in [0.29, 0.717) is 5.92 Å². The van der Waals surface area contributed by atoms with Gasteiger partial charge in [-0.3, -0.25) is 4.79 Å². The first kappa shape index (κ1) is 14.1. The van der Waals surface area contributed by atoms with Gasteiger partial charge in [0.2, 0.25) is 0 Å². The summed E-state index contributed by atoms with van der Waals surface area (Å²) in [5, 5.41) is 9.03. The van der Waals surface area contributed by atoms with Crippen molar-refractivity contribution in [1.29, 1.82) is 0 Å². The minimum atomic E-state index is -0.806. The Kier molecular flexibility index (Phi) is 3.43. The average Bonchev–Trinajstić information content (AvgIpc) is 2.35. The fourth-order valence-corrected chi connectivity index (χ4v) is 3.87. The molecule has 0 bridgehead atoms. The van der Waals surface area contributed by atoms with Gasteiger partial charge >= 0.3 is 5.97 Å². The maximum absolute atomic E-state index is 11.0. The number of rotatable bonds is 4. The van der Waals surface area contributed by atoms with Crippen LogP contribution in [0.1, 0.15) is 39.2 Å². The van der Waals surface area contributed by atoms with Crippen LogP contribution < -0.4 is 5.73 Å². The van der Waals surface area contributed by atoms with Crippen molar-refractivity contribution in [3.05, 3.63) is 35.9 Å². The molecule has 1 aromatic carbocycles. The van der Waals surface area contributed by atoms with Gasteiger partial charge in [0.15, 0.2) is 0 Å². The predicted octanol–water partition coefficient (Wildman–Crippen LogP) is 2.79. The van der Waals surface area contributed by atoms with Gasteiger partial charge in [0.1, 0.15) is 0 Å². The molecule has 3 N–H and O–H groups in total. The van der Waals surface area contributed by atoms with Gasteiger partial charge in [-0.05, 0) is 23.8 Å². The van der Waals surface area contributed by atoms with Crippen LogP contribution >= 0.6 is 0 Å². The third kappa shape index (κ3) is 2.06. The van der Waals surface area contributed by atoms with Crippen molar-refractivity contribution in [2.45, 2.75) is 44.6 Å². The van der Waals surface area contributed by atoms with Crippen LogP contribution in [-0.2, 0) is 10.2 Å². The first-order valence-corrected chi connectivity index (χ1v) is 6.89. The molecule has 1 saturated carbocycles. The lowest BCUT2D eigenvalue weighted by molar-refractivity contribution is -0.143. The highest BCUT2D eigenvalue weighted by atomic mass is 16.4. The summed E-state index contributed by atoms with van der Waals surface area (Å²) in [5.41, 5.74) is 7.03. The van der Waals surface area contributed by atoms with Crippen LogP contribution in [0.5, 0.6) is 0 Å². The molecular formula is C16H23NO2. The van der Waals surface area contributed by atoms with Crippen LogP contribution in [0.15, 0.2) is 30.3 Å². The molecule has 104 valence electrons. The van der Waals surface area contributed by atoms with E-state index in [1.807, 2.05) is 18.2 Å². The lowest BCUT2D eigenvalue weighted by Gasteiger charge is -2.62. The fourth-order valence-electron chi connectivity index (χ4n) is 3.87. The SMILES string of the molecule is CC(C)C1(c2ccccc2)CC(N)(CC(=O)O)C1C. The number of hydrogen-bond acceptors (Lipinski definition) is 2. The molecule has 2 rings (SSSR count). The summed E-state index contributed by atoms with van der Waals surface area (Å²) in [4.78, 5) is 11.0. The highest BCUT2D eigenvalue weighted by Crippen LogP contribution is 2.58. The summed E-state index contributed by atoms with van der Waals surface area (Å²) in [6.07, 6.45) is 0.796. The van der Waals surface area contributed by atoms with Crippen molar-refractivity contribution in [1.82, 2.24) is 0 Å². The van der Waals surface area contributed by atoms with Crippen molar-refractivity contribution in [2.24, 2.45) is 17.6 Å². The summed E-state index contributed by atoms with van der Waals surface area (Å²) in [5.74, 6) is -0.200. The third-order valence-electron chi connectivity index (χ3n) is 5.08. The molecule has 0 saturated heterocycles. The minimum absolute atomic E-state index is 0.00542. The van der Waals surface area contributed by atoms with E-state index in [0.717, 1.165) is 6.42 Å². The second-order valence-electron chi connectivity index (χ2n) is 6.26. The maximum atomic E-state index is 11.0. The Hall–Kier alpha value is -1.35. The number of aliphatic carboxylic acids is 1. The van der Waals surface area contributed by atoms with E-state index in [9.17, 15) is 4.79 Å². The van der Waals surface area contributed by atoms with Crippen molar-refractivity contribution in [2.75, 3.05) is 0 Å². The van der Waals surface area contributed by atoms with Crippen molar-refractivity contribution in [3.8, 4) is 0 Å². The molecule has 1 fully saturated rings. The van der Waals surface area contributed by atoms with Gasteiger partial charge in [-0.2, -0.15) is 0 Å². The summed E-state index contributed by atoms with van der Waals surface area (Å²) < 4.78 is 0. The number of nitrogens with two attached hydrogens (primary N) is 1. The van der Waals surface area contributed by atoms with E-state index in [-0.39, 0.29) is 17.8 Å². The van der Waals surface area contributed by atoms with Gasteiger partial charge in [-0.25, -0.2) is 0 Å². The van der Waals surface area contributed by atoms with Gasteiger partial charge < -0.3 is 10.8 Å². The summed E-state index contributed by atoms with van der Waals surface area (Å²) in [6.45, 7) is 6.49. The molecular weight excluding hydrogens is 238 g/mol. The first-order valence-electron chi connectivity index (χ1n) is 6.89. The van der Waals surface area contributed by atoms with Crippen LogP contribution in [0, 0.1) is 11.8 Å². The van der Waals surface area contributed by atoms with Gasteiger partial charge in [0.25, 0.3) is 0 Å². The first-order chi connectivity index (χ1) is 8.83. The zero-order valence-corrected chi connectivity index (χ0v) is 11.9. The van der Waals surface area contributed by atoms with Crippen LogP contribution in [0.25, 0.3) is 0 Å². The Morgan fingerprint density at radius 1 is 1.42 bits per heavy atom. The van der Waals surface area contributed by atoms with E-state index in [4.69, 9.17) is 10.8 Å². The topological polar surface area (TPSA) is 63.3 Å². The molecule has 0 spiro atoms. The monoisotopic (exact) mass is 261 g/mol. The summed E-state index contributed by atoms with van der Waals surface area (Å²) in [6, 6.07) is 10.4. The lowest BCUT2D eigenvalue weighted by atomic mass is 9.43. The molecule has 19 heavy (non-hydrogen) atoms. The molecule has 3 unspecified atom stereocenters. The summed E-state index contributed by atoms with van der Waals surface area (Å²) >= 11 is 0. The Bertz CT molecular complexity index is 471. The molecule has 3 nitrogen and oxygen atoms in total. The fraction of sp³-hybridized carbons (Fsp3) is 0.562. The minimum Gasteiger partial charge on any atom is -0.481 e. The molecule has 1 aromatic rings. The van der Waals surface area contributed by atoms with Crippen molar-refractivity contribution in [3.63, 3.8) is 0 Å². The van der Waals surface area contributed by atoms with Crippen LogP contribution in [0.3, 0.4) is 0 Å². The molecule has 0 amide bonds.